The molecule has 3 heteroatoms. The van der Waals surface area contributed by atoms with Gasteiger partial charge in [-0.2, -0.15) is 0 Å². The van der Waals surface area contributed by atoms with E-state index in [0.29, 0.717) is 10.5 Å². The molecular formula is C16H15NOS. The smallest absolute Gasteiger partial charge is 0.249 e. The van der Waals surface area contributed by atoms with Gasteiger partial charge in [-0.3, -0.25) is 4.79 Å². The second kappa shape index (κ2) is 6.25. The zero-order valence-electron chi connectivity index (χ0n) is 10.4. The number of rotatable bonds is 1. The van der Waals surface area contributed by atoms with Crippen molar-refractivity contribution < 1.29 is 4.79 Å². The monoisotopic (exact) mass is 269 g/mol. The van der Waals surface area contributed by atoms with Crippen molar-refractivity contribution in [3.63, 3.8) is 0 Å². The Bertz CT molecular complexity index is 620. The second-order valence-electron chi connectivity index (χ2n) is 4.19. The fourth-order valence-electron chi connectivity index (χ4n) is 1.88. The molecule has 0 radical (unpaired) electrons. The van der Waals surface area contributed by atoms with Crippen LogP contribution in [0.3, 0.4) is 0 Å². The number of hydrogen-bond acceptors (Lipinski definition) is 2. The first kappa shape index (κ1) is 13.4. The summed E-state index contributed by atoms with van der Waals surface area (Å²) in [6.07, 6.45) is 5.50. The molecular weight excluding hydrogens is 254 g/mol. The van der Waals surface area contributed by atoms with Crippen molar-refractivity contribution in [3.8, 4) is 0 Å². The molecule has 1 amide bonds. The number of carbonyl (C=O) groups excluding carboxylic acids is 1. The summed E-state index contributed by atoms with van der Waals surface area (Å²) in [6, 6.07) is 15.4. The Morgan fingerprint density at radius 3 is 2.37 bits per heavy atom. The van der Waals surface area contributed by atoms with Crippen LogP contribution in [0.5, 0.6) is 0 Å². The van der Waals surface area contributed by atoms with Gasteiger partial charge in [0, 0.05) is 4.90 Å². The predicted molar refractivity (Wildman–Crippen MR) is 81.4 cm³/mol. The number of hydrogen-bond donors (Lipinski definition) is 2. The van der Waals surface area contributed by atoms with Crippen molar-refractivity contribution in [1.29, 1.82) is 0 Å². The first-order chi connectivity index (χ1) is 9.18. The molecule has 2 N–H and O–H groups in total. The molecule has 1 aliphatic rings. The lowest BCUT2D eigenvalue weighted by molar-refractivity contribution is 0.0997. The summed E-state index contributed by atoms with van der Waals surface area (Å²) in [6.45, 7) is 0. The molecule has 2 aromatic carbocycles. The predicted octanol–water partition coefficient (Wildman–Crippen LogP) is 3.33. The van der Waals surface area contributed by atoms with E-state index in [1.54, 1.807) is 24.3 Å². The minimum Gasteiger partial charge on any atom is -0.366 e. The quantitative estimate of drug-likeness (QED) is 0.766. The number of fused-ring (bicyclic) bond motifs is 1. The maximum absolute atomic E-state index is 10.6. The van der Waals surface area contributed by atoms with Crippen molar-refractivity contribution in [2.75, 3.05) is 0 Å². The highest BCUT2D eigenvalue weighted by atomic mass is 32.1. The lowest BCUT2D eigenvalue weighted by Gasteiger charge is -1.96. The summed E-state index contributed by atoms with van der Waals surface area (Å²) in [5.41, 5.74) is 8.33. The van der Waals surface area contributed by atoms with Crippen LogP contribution in [0.25, 0.3) is 6.08 Å². The molecule has 3 rings (SSSR count). The highest BCUT2D eigenvalue weighted by Gasteiger charge is 2.01. The molecule has 0 atom stereocenters. The Labute approximate surface area is 118 Å². The molecule has 96 valence electrons. The van der Waals surface area contributed by atoms with Gasteiger partial charge in [-0.1, -0.05) is 48.6 Å². The fourth-order valence-corrected chi connectivity index (χ4v) is 2.15. The number of benzene rings is 2. The van der Waals surface area contributed by atoms with E-state index in [4.69, 9.17) is 5.73 Å². The summed E-state index contributed by atoms with van der Waals surface area (Å²) in [5, 5.41) is 0. The van der Waals surface area contributed by atoms with E-state index in [1.165, 1.54) is 11.1 Å². The van der Waals surface area contributed by atoms with Crippen molar-refractivity contribution in [2.45, 2.75) is 11.3 Å². The largest absolute Gasteiger partial charge is 0.366 e. The molecule has 0 heterocycles. The normalized spacial score (nSPS) is 11.4. The molecule has 0 unspecified atom stereocenters. The third kappa shape index (κ3) is 3.48. The molecule has 2 nitrogen and oxygen atoms in total. The molecule has 0 saturated carbocycles. The lowest BCUT2D eigenvalue weighted by atomic mass is 10.1. The van der Waals surface area contributed by atoms with E-state index < -0.39 is 5.91 Å². The molecule has 2 aromatic rings. The van der Waals surface area contributed by atoms with Gasteiger partial charge >= 0.3 is 0 Å². The number of thiol groups is 1. The first-order valence-electron chi connectivity index (χ1n) is 6.00. The van der Waals surface area contributed by atoms with Crippen LogP contribution in [-0.4, -0.2) is 5.91 Å². The van der Waals surface area contributed by atoms with Gasteiger partial charge in [0.15, 0.2) is 0 Å². The summed E-state index contributed by atoms with van der Waals surface area (Å²) in [7, 11) is 0. The van der Waals surface area contributed by atoms with Crippen LogP contribution < -0.4 is 5.73 Å². The van der Waals surface area contributed by atoms with E-state index in [-0.39, 0.29) is 0 Å². The number of carbonyl (C=O) groups is 1. The third-order valence-corrected chi connectivity index (χ3v) is 3.25. The Hall–Kier alpha value is -2.00. The van der Waals surface area contributed by atoms with Gasteiger partial charge < -0.3 is 5.73 Å². The van der Waals surface area contributed by atoms with Gasteiger partial charge in [-0.05, 0) is 29.7 Å². The maximum Gasteiger partial charge on any atom is 0.249 e. The molecule has 0 fully saturated rings. The number of nitrogens with two attached hydrogens (primary N) is 1. The Balaban J connectivity index is 0.000000141. The molecule has 1 aliphatic carbocycles. The highest BCUT2D eigenvalue weighted by Crippen LogP contribution is 2.17. The van der Waals surface area contributed by atoms with Gasteiger partial charge in [-0.15, -0.1) is 12.6 Å². The molecule has 19 heavy (non-hydrogen) atoms. The SMILES string of the molecule is C1=Cc2ccccc2C1.NC(=O)c1ccccc1S. The molecule has 0 bridgehead atoms. The van der Waals surface area contributed by atoms with Crippen LogP contribution in [0.1, 0.15) is 21.5 Å². The van der Waals surface area contributed by atoms with E-state index >= 15 is 0 Å². The fraction of sp³-hybridized carbons (Fsp3) is 0.0625. The standard InChI is InChI=1S/C9H8.C7H7NOS/c1-2-5-9-7-3-6-8(9)4-1;8-7(9)5-3-1-2-4-6(5)10/h1-6H,7H2;1-4,10H,(H2,8,9). The van der Waals surface area contributed by atoms with Gasteiger partial charge in [0.1, 0.15) is 0 Å². The third-order valence-electron chi connectivity index (χ3n) is 2.86. The van der Waals surface area contributed by atoms with E-state index in [0.717, 1.165) is 6.42 Å². The van der Waals surface area contributed by atoms with E-state index in [2.05, 4.69) is 49.0 Å². The minimum absolute atomic E-state index is 0.439. The summed E-state index contributed by atoms with van der Waals surface area (Å²) < 4.78 is 0. The first-order valence-corrected chi connectivity index (χ1v) is 6.45. The van der Waals surface area contributed by atoms with Crippen LogP contribution in [0.2, 0.25) is 0 Å². The van der Waals surface area contributed by atoms with E-state index in [9.17, 15) is 4.79 Å². The van der Waals surface area contributed by atoms with Gasteiger partial charge in [0.05, 0.1) is 5.56 Å². The van der Waals surface area contributed by atoms with Gasteiger partial charge in [0.25, 0.3) is 0 Å². The molecule has 0 aliphatic heterocycles. The summed E-state index contributed by atoms with van der Waals surface area (Å²) in [5.74, 6) is -0.439. The van der Waals surface area contributed by atoms with Crippen LogP contribution >= 0.6 is 12.6 Å². The number of allylic oxidation sites excluding steroid dienone is 1. The lowest BCUT2D eigenvalue weighted by Crippen LogP contribution is -2.11. The highest BCUT2D eigenvalue weighted by molar-refractivity contribution is 7.80. The van der Waals surface area contributed by atoms with Gasteiger partial charge in [-0.25, -0.2) is 0 Å². The minimum atomic E-state index is -0.439. The Morgan fingerprint density at radius 1 is 1.05 bits per heavy atom. The van der Waals surface area contributed by atoms with Gasteiger partial charge in [0.2, 0.25) is 5.91 Å². The van der Waals surface area contributed by atoms with Crippen LogP contribution in [0, 0.1) is 0 Å². The second-order valence-corrected chi connectivity index (χ2v) is 4.67. The average Bonchev–Trinajstić information content (AvgIpc) is 2.88. The van der Waals surface area contributed by atoms with Crippen molar-refractivity contribution >= 4 is 24.6 Å². The van der Waals surface area contributed by atoms with Crippen LogP contribution in [-0.2, 0) is 6.42 Å². The van der Waals surface area contributed by atoms with Crippen molar-refractivity contribution in [1.82, 2.24) is 0 Å². The molecule has 0 saturated heterocycles. The number of amides is 1. The molecule has 0 aromatic heterocycles. The Kier molecular flexibility index (Phi) is 4.42. The summed E-state index contributed by atoms with van der Waals surface area (Å²) in [4.78, 5) is 11.2. The van der Waals surface area contributed by atoms with Crippen molar-refractivity contribution in [2.24, 2.45) is 5.73 Å². The maximum atomic E-state index is 10.6. The summed E-state index contributed by atoms with van der Waals surface area (Å²) >= 11 is 4.04. The average molecular weight is 269 g/mol. The van der Waals surface area contributed by atoms with Crippen LogP contribution in [0.4, 0.5) is 0 Å². The topological polar surface area (TPSA) is 43.1 Å². The molecule has 0 spiro atoms. The van der Waals surface area contributed by atoms with Crippen molar-refractivity contribution in [3.05, 3.63) is 71.3 Å². The zero-order chi connectivity index (χ0) is 13.7. The Morgan fingerprint density at radius 2 is 1.74 bits per heavy atom. The number of primary amides is 1. The zero-order valence-corrected chi connectivity index (χ0v) is 11.3. The van der Waals surface area contributed by atoms with E-state index in [1.807, 2.05) is 0 Å². The van der Waals surface area contributed by atoms with Crippen LogP contribution in [0.15, 0.2) is 59.5 Å².